The van der Waals surface area contributed by atoms with Crippen molar-refractivity contribution >= 4 is 0 Å². The number of nitrogens with zero attached hydrogens (tertiary/aromatic N) is 1. The SMILES string of the molecule is CC.CCCC(CC)Cc1ccccn1. The van der Waals surface area contributed by atoms with E-state index < -0.39 is 0 Å². The van der Waals surface area contributed by atoms with Gasteiger partial charge in [-0.25, -0.2) is 0 Å². The summed E-state index contributed by atoms with van der Waals surface area (Å²) in [6, 6.07) is 6.17. The highest BCUT2D eigenvalue weighted by Gasteiger charge is 2.06. The molecule has 0 saturated carbocycles. The summed E-state index contributed by atoms with van der Waals surface area (Å²) in [6.07, 6.45) is 6.90. The van der Waals surface area contributed by atoms with Crippen molar-refractivity contribution in [3.8, 4) is 0 Å². The second-order valence-corrected chi connectivity index (χ2v) is 3.59. The molecule has 1 atom stereocenters. The van der Waals surface area contributed by atoms with Gasteiger partial charge in [0.05, 0.1) is 0 Å². The van der Waals surface area contributed by atoms with Crippen LogP contribution in [0, 0.1) is 5.92 Å². The van der Waals surface area contributed by atoms with Gasteiger partial charge in [0.15, 0.2) is 0 Å². The molecule has 15 heavy (non-hydrogen) atoms. The highest BCUT2D eigenvalue weighted by Crippen LogP contribution is 2.15. The van der Waals surface area contributed by atoms with Crippen molar-refractivity contribution in [2.75, 3.05) is 0 Å². The van der Waals surface area contributed by atoms with Crippen molar-refractivity contribution in [2.24, 2.45) is 5.92 Å². The molecule has 1 heteroatoms. The van der Waals surface area contributed by atoms with Gasteiger partial charge in [0, 0.05) is 11.9 Å². The van der Waals surface area contributed by atoms with Crippen molar-refractivity contribution in [1.82, 2.24) is 4.98 Å². The van der Waals surface area contributed by atoms with Gasteiger partial charge in [-0.05, 0) is 24.5 Å². The average Bonchev–Trinajstić information content (AvgIpc) is 2.32. The molecule has 1 aromatic heterocycles. The van der Waals surface area contributed by atoms with Crippen LogP contribution in [0.15, 0.2) is 24.4 Å². The lowest BCUT2D eigenvalue weighted by molar-refractivity contribution is 0.457. The third-order valence-corrected chi connectivity index (χ3v) is 2.50. The van der Waals surface area contributed by atoms with Crippen LogP contribution in [0.25, 0.3) is 0 Å². The smallest absolute Gasteiger partial charge is 0.0406 e. The molecule has 0 aromatic carbocycles. The molecule has 0 amide bonds. The molecule has 0 aliphatic heterocycles. The predicted molar refractivity (Wildman–Crippen MR) is 68.0 cm³/mol. The minimum Gasteiger partial charge on any atom is -0.261 e. The van der Waals surface area contributed by atoms with Crippen LogP contribution < -0.4 is 0 Å². The molecule has 0 radical (unpaired) electrons. The molecule has 1 unspecified atom stereocenters. The molecule has 1 rings (SSSR count). The van der Waals surface area contributed by atoms with E-state index in [-0.39, 0.29) is 0 Å². The van der Waals surface area contributed by atoms with Crippen LogP contribution in [0.2, 0.25) is 0 Å². The summed E-state index contributed by atoms with van der Waals surface area (Å²) >= 11 is 0. The highest BCUT2D eigenvalue weighted by molar-refractivity contribution is 5.04. The van der Waals surface area contributed by atoms with Gasteiger partial charge in [-0.2, -0.15) is 0 Å². The maximum Gasteiger partial charge on any atom is 0.0406 e. The van der Waals surface area contributed by atoms with Gasteiger partial charge >= 0.3 is 0 Å². The molecular weight excluding hydrogens is 182 g/mol. The highest BCUT2D eigenvalue weighted by atomic mass is 14.7. The summed E-state index contributed by atoms with van der Waals surface area (Å²) in [5.41, 5.74) is 1.24. The molecule has 0 aliphatic carbocycles. The lowest BCUT2D eigenvalue weighted by atomic mass is 9.95. The quantitative estimate of drug-likeness (QED) is 0.694. The maximum absolute atomic E-state index is 4.35. The Balaban J connectivity index is 0.000000921. The van der Waals surface area contributed by atoms with Crippen LogP contribution in [-0.2, 0) is 6.42 Å². The van der Waals surface area contributed by atoms with Gasteiger partial charge in [0.1, 0.15) is 0 Å². The Kier molecular flexibility index (Phi) is 9.15. The van der Waals surface area contributed by atoms with Crippen LogP contribution in [0.1, 0.15) is 52.7 Å². The van der Waals surface area contributed by atoms with Crippen LogP contribution >= 0.6 is 0 Å². The molecule has 0 fully saturated rings. The summed E-state index contributed by atoms with van der Waals surface area (Å²) in [6.45, 7) is 8.52. The fraction of sp³-hybridized carbons (Fsp3) is 0.643. The molecule has 0 bridgehead atoms. The van der Waals surface area contributed by atoms with Crippen LogP contribution in [-0.4, -0.2) is 4.98 Å². The Bertz CT molecular complexity index is 218. The van der Waals surface area contributed by atoms with Gasteiger partial charge in [0.2, 0.25) is 0 Å². The average molecular weight is 207 g/mol. The number of hydrogen-bond acceptors (Lipinski definition) is 1. The molecule has 0 N–H and O–H groups in total. The van der Waals surface area contributed by atoms with Crippen molar-refractivity contribution in [3.63, 3.8) is 0 Å². The van der Waals surface area contributed by atoms with E-state index in [2.05, 4.69) is 31.0 Å². The predicted octanol–water partition coefficient (Wildman–Crippen LogP) is 4.48. The third-order valence-electron chi connectivity index (χ3n) is 2.50. The molecule has 0 spiro atoms. The number of aromatic nitrogens is 1. The van der Waals surface area contributed by atoms with E-state index in [4.69, 9.17) is 0 Å². The standard InChI is InChI=1S/C12H19N.C2H6/c1-3-7-11(4-2)10-12-8-5-6-9-13-12;1-2/h5-6,8-9,11H,3-4,7,10H2,1-2H3;1-2H3. The number of hydrogen-bond donors (Lipinski definition) is 0. The molecule has 86 valence electrons. The van der Waals surface area contributed by atoms with E-state index in [1.165, 1.54) is 25.0 Å². The summed E-state index contributed by atoms with van der Waals surface area (Å²) < 4.78 is 0. The van der Waals surface area contributed by atoms with Crippen molar-refractivity contribution in [2.45, 2.75) is 53.4 Å². The van der Waals surface area contributed by atoms with E-state index in [9.17, 15) is 0 Å². The Morgan fingerprint density at radius 1 is 1.20 bits per heavy atom. The first-order chi connectivity index (χ1) is 7.36. The first kappa shape index (κ1) is 14.2. The lowest BCUT2D eigenvalue weighted by Crippen LogP contribution is -2.04. The van der Waals surface area contributed by atoms with Gasteiger partial charge in [-0.15, -0.1) is 0 Å². The van der Waals surface area contributed by atoms with Gasteiger partial charge < -0.3 is 0 Å². The topological polar surface area (TPSA) is 12.9 Å². The summed E-state index contributed by atoms with van der Waals surface area (Å²) in [4.78, 5) is 4.35. The molecule has 1 heterocycles. The fourth-order valence-corrected chi connectivity index (χ4v) is 1.67. The largest absolute Gasteiger partial charge is 0.261 e. The maximum atomic E-state index is 4.35. The van der Waals surface area contributed by atoms with Gasteiger partial charge in [-0.3, -0.25) is 4.98 Å². The van der Waals surface area contributed by atoms with Crippen LogP contribution in [0.3, 0.4) is 0 Å². The minimum atomic E-state index is 0.819. The van der Waals surface area contributed by atoms with Crippen LogP contribution in [0.5, 0.6) is 0 Å². The lowest BCUT2D eigenvalue weighted by Gasteiger charge is -2.12. The van der Waals surface area contributed by atoms with E-state index in [0.717, 1.165) is 12.3 Å². The number of rotatable bonds is 5. The zero-order valence-electron chi connectivity index (χ0n) is 10.7. The van der Waals surface area contributed by atoms with E-state index in [1.807, 2.05) is 26.1 Å². The first-order valence-electron chi connectivity index (χ1n) is 6.26. The van der Waals surface area contributed by atoms with E-state index >= 15 is 0 Å². The fourth-order valence-electron chi connectivity index (χ4n) is 1.67. The molecule has 0 aliphatic rings. The van der Waals surface area contributed by atoms with Crippen LogP contribution in [0.4, 0.5) is 0 Å². The zero-order chi connectivity index (χ0) is 11.5. The summed E-state index contributed by atoms with van der Waals surface area (Å²) in [5, 5.41) is 0. The van der Waals surface area contributed by atoms with Crippen molar-refractivity contribution in [3.05, 3.63) is 30.1 Å². The first-order valence-corrected chi connectivity index (χ1v) is 6.26. The summed E-state index contributed by atoms with van der Waals surface area (Å²) in [5.74, 6) is 0.819. The second kappa shape index (κ2) is 9.70. The minimum absolute atomic E-state index is 0.819. The Labute approximate surface area is 94.9 Å². The normalized spacial score (nSPS) is 11.5. The van der Waals surface area contributed by atoms with E-state index in [1.54, 1.807) is 0 Å². The van der Waals surface area contributed by atoms with Crippen molar-refractivity contribution in [1.29, 1.82) is 0 Å². The summed E-state index contributed by atoms with van der Waals surface area (Å²) in [7, 11) is 0. The Hall–Kier alpha value is -0.850. The molecule has 0 saturated heterocycles. The Morgan fingerprint density at radius 2 is 1.93 bits per heavy atom. The van der Waals surface area contributed by atoms with E-state index in [0.29, 0.717) is 0 Å². The molecule has 1 nitrogen and oxygen atoms in total. The zero-order valence-corrected chi connectivity index (χ0v) is 10.7. The van der Waals surface area contributed by atoms with Gasteiger partial charge in [0.25, 0.3) is 0 Å². The monoisotopic (exact) mass is 207 g/mol. The Morgan fingerprint density at radius 3 is 2.40 bits per heavy atom. The molecular formula is C14H25N. The second-order valence-electron chi connectivity index (χ2n) is 3.59. The molecule has 1 aromatic rings. The number of pyridine rings is 1. The third kappa shape index (κ3) is 6.27. The van der Waals surface area contributed by atoms with Gasteiger partial charge in [-0.1, -0.05) is 53.0 Å². The van der Waals surface area contributed by atoms with Crippen molar-refractivity contribution < 1.29 is 0 Å².